The van der Waals surface area contributed by atoms with E-state index in [1.54, 1.807) is 6.92 Å². The van der Waals surface area contributed by atoms with Crippen molar-refractivity contribution in [2.75, 3.05) is 12.8 Å². The van der Waals surface area contributed by atoms with E-state index < -0.39 is 9.84 Å². The number of alkyl halides is 1. The van der Waals surface area contributed by atoms with E-state index >= 15 is 0 Å². The van der Waals surface area contributed by atoms with E-state index in [2.05, 4.69) is 11.8 Å². The summed E-state index contributed by atoms with van der Waals surface area (Å²) in [5.74, 6) is 1.12. The van der Waals surface area contributed by atoms with Crippen LogP contribution in [0.4, 0.5) is 0 Å². The smallest absolute Gasteiger partial charge is 0.226 e. The molecule has 0 N–H and O–H groups in total. The highest BCUT2D eigenvalue weighted by Crippen LogP contribution is 2.45. The monoisotopic (exact) mass is 472 g/mol. The predicted molar refractivity (Wildman–Crippen MR) is 122 cm³/mol. The third-order valence-electron chi connectivity index (χ3n) is 8.53. The first-order valence-electron chi connectivity index (χ1n) is 12.0. The van der Waals surface area contributed by atoms with Crippen LogP contribution in [0.2, 0.25) is 0 Å². The van der Waals surface area contributed by atoms with Crippen molar-refractivity contribution in [3.05, 3.63) is 0 Å². The number of halogens is 1. The van der Waals surface area contributed by atoms with Gasteiger partial charge in [0.05, 0.1) is 17.3 Å². The zero-order valence-electron chi connectivity index (χ0n) is 19.0. The third-order valence-corrected chi connectivity index (χ3v) is 10.5. The number of piperazine rings is 1. The summed E-state index contributed by atoms with van der Waals surface area (Å²) in [7, 11) is -3.11. The maximum Gasteiger partial charge on any atom is 0.226 e. The Hall–Kier alpha value is -0.820. The van der Waals surface area contributed by atoms with Gasteiger partial charge in [-0.3, -0.25) is 9.59 Å². The van der Waals surface area contributed by atoms with E-state index in [4.69, 9.17) is 11.6 Å². The molecule has 0 aromatic heterocycles. The molecule has 3 aliphatic carbocycles. The van der Waals surface area contributed by atoms with Gasteiger partial charge in [-0.2, -0.15) is 0 Å². The highest BCUT2D eigenvalue weighted by atomic mass is 35.5. The van der Waals surface area contributed by atoms with E-state index in [1.165, 1.54) is 6.26 Å². The fraction of sp³-hybridized carbons (Fsp3) is 0.913. The predicted octanol–water partition coefficient (Wildman–Crippen LogP) is 3.22. The molecule has 4 rings (SSSR count). The summed E-state index contributed by atoms with van der Waals surface area (Å²) in [6.07, 6.45) is 9.17. The lowest BCUT2D eigenvalue weighted by molar-refractivity contribution is -0.159. The molecular weight excluding hydrogens is 436 g/mol. The molecule has 31 heavy (non-hydrogen) atoms. The van der Waals surface area contributed by atoms with Crippen molar-refractivity contribution in [2.24, 2.45) is 17.8 Å². The summed E-state index contributed by atoms with van der Waals surface area (Å²) in [6, 6.07) is 0.151. The second-order valence-corrected chi connectivity index (χ2v) is 13.6. The van der Waals surface area contributed by atoms with Crippen LogP contribution in [0.1, 0.15) is 71.6 Å². The summed E-state index contributed by atoms with van der Waals surface area (Å²) in [5, 5.41) is -0.469. The fourth-order valence-electron chi connectivity index (χ4n) is 6.75. The van der Waals surface area contributed by atoms with E-state index in [1.807, 2.05) is 4.90 Å². The maximum absolute atomic E-state index is 13.3. The molecule has 1 aliphatic heterocycles. The van der Waals surface area contributed by atoms with E-state index in [9.17, 15) is 18.0 Å². The van der Waals surface area contributed by atoms with Crippen LogP contribution < -0.4 is 0 Å². The van der Waals surface area contributed by atoms with Crippen molar-refractivity contribution in [3.63, 3.8) is 0 Å². The van der Waals surface area contributed by atoms with E-state index in [0.29, 0.717) is 25.3 Å². The normalized spacial score (nSPS) is 39.5. The number of hydrogen-bond donors (Lipinski definition) is 0. The van der Waals surface area contributed by atoms with Crippen molar-refractivity contribution in [1.82, 2.24) is 9.80 Å². The van der Waals surface area contributed by atoms with Crippen LogP contribution in [-0.2, 0) is 19.4 Å². The van der Waals surface area contributed by atoms with Gasteiger partial charge in [0.25, 0.3) is 0 Å². The number of sulfone groups is 1. The molecule has 1 heterocycles. The Bertz CT molecular complexity index is 814. The van der Waals surface area contributed by atoms with Gasteiger partial charge in [-0.05, 0) is 70.1 Å². The molecule has 2 amide bonds. The largest absolute Gasteiger partial charge is 0.335 e. The Morgan fingerprint density at radius 3 is 2.23 bits per heavy atom. The van der Waals surface area contributed by atoms with Gasteiger partial charge in [-0.15, -0.1) is 11.6 Å². The Labute approximate surface area is 192 Å². The Morgan fingerprint density at radius 2 is 1.65 bits per heavy atom. The number of amides is 2. The van der Waals surface area contributed by atoms with Gasteiger partial charge in [0, 0.05) is 37.1 Å². The van der Waals surface area contributed by atoms with Crippen molar-refractivity contribution in [2.45, 2.75) is 100 Å². The Morgan fingerprint density at radius 1 is 0.935 bits per heavy atom. The first kappa shape index (κ1) is 23.3. The minimum Gasteiger partial charge on any atom is -0.335 e. The molecule has 4 fully saturated rings. The quantitative estimate of drug-likeness (QED) is 0.591. The molecule has 6 unspecified atom stereocenters. The standard InChI is InChI=1S/C23H37ClN2O4S/c1-14-13-25(23(28)16-5-4-6-16)22-11-17(7-8-21(22)26(14)15(2)27)18-9-19(24)12-20(10-18)31(3,29)30/h14,16-22H,4-13H2,1-3H3/t14-,17?,18?,19?,20?,21?,22?/m0/s1. The van der Waals surface area contributed by atoms with Gasteiger partial charge in [0.2, 0.25) is 11.8 Å². The van der Waals surface area contributed by atoms with Crippen LogP contribution in [0.25, 0.3) is 0 Å². The SMILES string of the molecule is CC(=O)N1C2CCC(C3CC(Cl)CC(S(C)(=O)=O)C3)CC2N(C(=O)C2CCC2)C[C@@H]1C. The van der Waals surface area contributed by atoms with Gasteiger partial charge >= 0.3 is 0 Å². The van der Waals surface area contributed by atoms with Crippen molar-refractivity contribution in [1.29, 1.82) is 0 Å². The molecule has 0 aromatic carbocycles. The molecule has 0 spiro atoms. The topological polar surface area (TPSA) is 74.8 Å². The highest BCUT2D eigenvalue weighted by molar-refractivity contribution is 7.91. The van der Waals surface area contributed by atoms with Gasteiger partial charge in [0.1, 0.15) is 9.84 Å². The number of rotatable bonds is 3. The second-order valence-electron chi connectivity index (χ2n) is 10.6. The molecule has 8 heteroatoms. The van der Waals surface area contributed by atoms with Crippen LogP contribution in [0, 0.1) is 17.8 Å². The van der Waals surface area contributed by atoms with Crippen LogP contribution in [0.5, 0.6) is 0 Å². The lowest BCUT2D eigenvalue weighted by Gasteiger charge is -2.56. The van der Waals surface area contributed by atoms with Crippen LogP contribution in [0.15, 0.2) is 0 Å². The zero-order valence-corrected chi connectivity index (χ0v) is 20.6. The Balaban J connectivity index is 1.55. The lowest BCUT2D eigenvalue weighted by Crippen LogP contribution is -2.68. The number of carbonyl (C=O) groups excluding carboxylic acids is 2. The molecule has 6 nitrogen and oxygen atoms in total. The zero-order chi connectivity index (χ0) is 22.5. The van der Waals surface area contributed by atoms with Crippen molar-refractivity contribution in [3.8, 4) is 0 Å². The summed E-state index contributed by atoms with van der Waals surface area (Å²) < 4.78 is 24.5. The second kappa shape index (κ2) is 8.85. The molecule has 3 saturated carbocycles. The molecule has 0 radical (unpaired) electrons. The number of nitrogens with zero attached hydrogens (tertiary/aromatic N) is 2. The number of carbonyl (C=O) groups is 2. The van der Waals surface area contributed by atoms with Crippen molar-refractivity contribution >= 4 is 33.3 Å². The first-order chi connectivity index (χ1) is 14.6. The molecule has 7 atom stereocenters. The molecular formula is C23H37ClN2O4S. The Kier molecular flexibility index (Phi) is 6.66. The average molecular weight is 473 g/mol. The van der Waals surface area contributed by atoms with Crippen molar-refractivity contribution < 1.29 is 18.0 Å². The fourth-order valence-corrected chi connectivity index (χ4v) is 8.47. The third kappa shape index (κ3) is 4.64. The average Bonchev–Trinajstić information content (AvgIpc) is 2.64. The van der Waals surface area contributed by atoms with E-state index in [0.717, 1.165) is 44.9 Å². The summed E-state index contributed by atoms with van der Waals surface area (Å²) in [5.41, 5.74) is 0. The van der Waals surface area contributed by atoms with Gasteiger partial charge in [0.15, 0.2) is 0 Å². The molecule has 0 bridgehead atoms. The summed E-state index contributed by atoms with van der Waals surface area (Å²) >= 11 is 6.52. The van der Waals surface area contributed by atoms with Crippen LogP contribution >= 0.6 is 11.6 Å². The molecule has 1 saturated heterocycles. The van der Waals surface area contributed by atoms with Gasteiger partial charge in [-0.25, -0.2) is 8.42 Å². The first-order valence-corrected chi connectivity index (χ1v) is 14.4. The lowest BCUT2D eigenvalue weighted by atomic mass is 9.69. The molecule has 0 aromatic rings. The van der Waals surface area contributed by atoms with Gasteiger partial charge in [-0.1, -0.05) is 6.42 Å². The molecule has 4 aliphatic rings. The number of fused-ring (bicyclic) bond motifs is 1. The van der Waals surface area contributed by atoms with Gasteiger partial charge < -0.3 is 9.80 Å². The highest BCUT2D eigenvalue weighted by Gasteiger charge is 2.49. The minimum absolute atomic E-state index is 0.0378. The minimum atomic E-state index is -3.11. The molecule has 176 valence electrons. The maximum atomic E-state index is 13.3. The van der Waals surface area contributed by atoms with Crippen LogP contribution in [-0.4, -0.2) is 71.6 Å². The van der Waals surface area contributed by atoms with Crippen LogP contribution in [0.3, 0.4) is 0 Å². The van der Waals surface area contributed by atoms with E-state index in [-0.39, 0.29) is 52.4 Å². The number of hydrogen-bond acceptors (Lipinski definition) is 4. The summed E-state index contributed by atoms with van der Waals surface area (Å²) in [4.78, 5) is 29.9. The summed E-state index contributed by atoms with van der Waals surface area (Å²) in [6.45, 7) is 4.30.